The van der Waals surface area contributed by atoms with Gasteiger partial charge in [-0.25, -0.2) is 13.2 Å². The van der Waals surface area contributed by atoms with Crippen molar-refractivity contribution < 1.29 is 22.7 Å². The van der Waals surface area contributed by atoms with Gasteiger partial charge in [0.05, 0.1) is 10.5 Å². The van der Waals surface area contributed by atoms with Crippen LogP contribution in [0.25, 0.3) is 0 Å². The highest BCUT2D eigenvalue weighted by Gasteiger charge is 2.23. The molecule has 0 fully saturated rings. The molecule has 4 rings (SSSR count). The number of carbonyl (C=O) groups is 2. The standard InChI is InChI=1S/C22H20N2O5S2/c25-21(24-12-10-20-17(14-24)11-13-30-20)15-29-22(26)16-6-8-19(9-7-16)31(27,28)23-18-4-2-1-3-5-18/h1-9,11,13,23H,10,12,14-15H2. The van der Waals surface area contributed by atoms with Gasteiger partial charge in [0.25, 0.3) is 15.9 Å². The molecule has 0 bridgehead atoms. The minimum absolute atomic E-state index is 0.0175. The Kier molecular flexibility index (Phi) is 6.06. The van der Waals surface area contributed by atoms with Crippen molar-refractivity contribution in [2.45, 2.75) is 17.9 Å². The molecule has 1 aromatic heterocycles. The zero-order chi connectivity index (χ0) is 21.8. The van der Waals surface area contributed by atoms with Gasteiger partial charge in [0.1, 0.15) is 0 Å². The van der Waals surface area contributed by atoms with Crippen molar-refractivity contribution in [3.8, 4) is 0 Å². The summed E-state index contributed by atoms with van der Waals surface area (Å²) in [5.41, 5.74) is 1.75. The maximum absolute atomic E-state index is 12.5. The van der Waals surface area contributed by atoms with E-state index in [2.05, 4.69) is 4.72 Å². The summed E-state index contributed by atoms with van der Waals surface area (Å²) in [5, 5.41) is 2.01. The van der Waals surface area contributed by atoms with Gasteiger partial charge in [0, 0.05) is 23.7 Å². The van der Waals surface area contributed by atoms with Crippen molar-refractivity contribution in [3.05, 3.63) is 82.0 Å². The molecule has 7 nitrogen and oxygen atoms in total. The minimum atomic E-state index is -3.78. The molecular weight excluding hydrogens is 436 g/mol. The predicted molar refractivity (Wildman–Crippen MR) is 117 cm³/mol. The highest BCUT2D eigenvalue weighted by Crippen LogP contribution is 2.24. The van der Waals surface area contributed by atoms with Crippen LogP contribution >= 0.6 is 11.3 Å². The van der Waals surface area contributed by atoms with Gasteiger partial charge >= 0.3 is 5.97 Å². The summed E-state index contributed by atoms with van der Waals surface area (Å²) in [4.78, 5) is 27.7. The molecule has 0 radical (unpaired) electrons. The van der Waals surface area contributed by atoms with Crippen molar-refractivity contribution in [1.82, 2.24) is 4.90 Å². The molecule has 3 aromatic rings. The lowest BCUT2D eigenvalue weighted by Gasteiger charge is -2.26. The number of carbonyl (C=O) groups excluding carboxylic acids is 2. The summed E-state index contributed by atoms with van der Waals surface area (Å²) in [6.07, 6.45) is 0.805. The third-order valence-corrected chi connectivity index (χ3v) is 7.33. The molecule has 1 N–H and O–H groups in total. The molecule has 31 heavy (non-hydrogen) atoms. The second-order valence-electron chi connectivity index (χ2n) is 7.01. The second-order valence-corrected chi connectivity index (χ2v) is 9.69. The molecule has 1 aliphatic rings. The Labute approximate surface area is 184 Å². The average molecular weight is 457 g/mol. The number of sulfonamides is 1. The fourth-order valence-electron chi connectivity index (χ4n) is 3.25. The number of nitrogens with one attached hydrogen (secondary N) is 1. The number of thiophene rings is 1. The first-order valence-electron chi connectivity index (χ1n) is 9.60. The van der Waals surface area contributed by atoms with Gasteiger partial charge in [-0.2, -0.15) is 0 Å². The van der Waals surface area contributed by atoms with Crippen LogP contribution in [0.4, 0.5) is 5.69 Å². The minimum Gasteiger partial charge on any atom is -0.452 e. The molecule has 2 aromatic carbocycles. The Hall–Kier alpha value is -3.17. The van der Waals surface area contributed by atoms with Crippen molar-refractivity contribution in [3.63, 3.8) is 0 Å². The number of benzene rings is 2. The lowest BCUT2D eigenvalue weighted by Crippen LogP contribution is -2.38. The van der Waals surface area contributed by atoms with E-state index in [9.17, 15) is 18.0 Å². The van der Waals surface area contributed by atoms with Crippen LogP contribution in [0.5, 0.6) is 0 Å². The number of hydrogen-bond acceptors (Lipinski definition) is 6. The first-order valence-corrected chi connectivity index (χ1v) is 12.0. The van der Waals surface area contributed by atoms with Crippen molar-refractivity contribution in [1.29, 1.82) is 0 Å². The first kappa shape index (κ1) is 21.1. The van der Waals surface area contributed by atoms with Crippen molar-refractivity contribution in [2.24, 2.45) is 0 Å². The third kappa shape index (κ3) is 4.95. The molecule has 0 aliphatic carbocycles. The van der Waals surface area contributed by atoms with E-state index in [1.54, 1.807) is 46.6 Å². The topological polar surface area (TPSA) is 92.8 Å². The van der Waals surface area contributed by atoms with E-state index in [1.165, 1.54) is 29.1 Å². The number of amides is 1. The van der Waals surface area contributed by atoms with E-state index in [0.29, 0.717) is 18.8 Å². The molecule has 2 heterocycles. The van der Waals surface area contributed by atoms with Crippen LogP contribution in [0.2, 0.25) is 0 Å². The number of anilines is 1. The van der Waals surface area contributed by atoms with Gasteiger partial charge < -0.3 is 9.64 Å². The molecule has 0 saturated heterocycles. The fourth-order valence-corrected chi connectivity index (χ4v) is 5.20. The maximum Gasteiger partial charge on any atom is 0.338 e. The highest BCUT2D eigenvalue weighted by atomic mass is 32.2. The molecule has 0 spiro atoms. The Morgan fingerprint density at radius 2 is 1.77 bits per heavy atom. The van der Waals surface area contributed by atoms with Crippen molar-refractivity contribution in [2.75, 3.05) is 17.9 Å². The number of rotatable bonds is 6. The van der Waals surface area contributed by atoms with E-state index in [4.69, 9.17) is 4.74 Å². The third-order valence-electron chi connectivity index (χ3n) is 4.91. The SMILES string of the molecule is O=C(OCC(=O)N1CCc2sccc2C1)c1ccc(S(=O)(=O)Nc2ccccc2)cc1. The summed E-state index contributed by atoms with van der Waals surface area (Å²) in [5.74, 6) is -0.932. The number of ether oxygens (including phenoxy) is 1. The van der Waals surface area contributed by atoms with Crippen LogP contribution in [0.1, 0.15) is 20.8 Å². The van der Waals surface area contributed by atoms with Crippen molar-refractivity contribution >= 4 is 38.9 Å². The van der Waals surface area contributed by atoms with E-state index >= 15 is 0 Å². The molecule has 1 amide bonds. The second kappa shape index (κ2) is 8.91. The summed E-state index contributed by atoms with van der Waals surface area (Å²) in [6, 6.07) is 15.9. The molecular formula is C22H20N2O5S2. The lowest BCUT2D eigenvalue weighted by atomic mass is 10.1. The summed E-state index contributed by atoms with van der Waals surface area (Å²) >= 11 is 1.69. The van der Waals surface area contributed by atoms with E-state index in [1.807, 2.05) is 11.4 Å². The molecule has 160 valence electrons. The smallest absolute Gasteiger partial charge is 0.338 e. The molecule has 9 heteroatoms. The number of fused-ring (bicyclic) bond motifs is 1. The van der Waals surface area contributed by atoms with Gasteiger partial charge in [-0.3, -0.25) is 9.52 Å². The van der Waals surface area contributed by atoms with E-state index < -0.39 is 16.0 Å². The largest absolute Gasteiger partial charge is 0.452 e. The van der Waals surface area contributed by atoms with E-state index in [-0.39, 0.29) is 23.0 Å². The zero-order valence-corrected chi connectivity index (χ0v) is 18.1. The Morgan fingerprint density at radius 1 is 1.03 bits per heavy atom. The molecule has 0 atom stereocenters. The summed E-state index contributed by atoms with van der Waals surface area (Å²) in [7, 11) is -3.78. The normalized spacial score (nSPS) is 13.4. The Balaban J connectivity index is 1.33. The number of para-hydroxylation sites is 1. The average Bonchev–Trinajstić information content (AvgIpc) is 3.25. The Morgan fingerprint density at radius 3 is 2.52 bits per heavy atom. The monoisotopic (exact) mass is 456 g/mol. The van der Waals surface area contributed by atoms with Gasteiger partial charge in [0.15, 0.2) is 6.61 Å². The quantitative estimate of drug-likeness (QED) is 0.575. The van der Waals surface area contributed by atoms with Crippen LogP contribution in [0.3, 0.4) is 0 Å². The van der Waals surface area contributed by atoms with Crippen LogP contribution in [0, 0.1) is 0 Å². The molecule has 0 unspecified atom stereocenters. The maximum atomic E-state index is 12.5. The lowest BCUT2D eigenvalue weighted by molar-refractivity contribution is -0.135. The highest BCUT2D eigenvalue weighted by molar-refractivity contribution is 7.92. The number of esters is 1. The first-order chi connectivity index (χ1) is 14.9. The molecule has 0 saturated carbocycles. The van der Waals surface area contributed by atoms with Crippen LogP contribution < -0.4 is 4.72 Å². The van der Waals surface area contributed by atoms with E-state index in [0.717, 1.165) is 12.0 Å². The van der Waals surface area contributed by atoms with Gasteiger partial charge in [0.2, 0.25) is 0 Å². The Bertz CT molecular complexity index is 1190. The number of nitrogens with zero attached hydrogens (tertiary/aromatic N) is 1. The van der Waals surface area contributed by atoms with Crippen LogP contribution in [-0.2, 0) is 32.5 Å². The summed E-state index contributed by atoms with van der Waals surface area (Å²) in [6.45, 7) is 0.773. The zero-order valence-electron chi connectivity index (χ0n) is 16.5. The number of hydrogen-bond donors (Lipinski definition) is 1. The molecule has 1 aliphatic heterocycles. The fraction of sp³-hybridized carbons (Fsp3) is 0.182. The van der Waals surface area contributed by atoms with Crippen LogP contribution in [0.15, 0.2) is 70.9 Å². The van der Waals surface area contributed by atoms with Gasteiger partial charge in [-0.15, -0.1) is 11.3 Å². The van der Waals surface area contributed by atoms with Gasteiger partial charge in [-0.1, -0.05) is 18.2 Å². The predicted octanol–water partition coefficient (Wildman–Crippen LogP) is 3.29. The summed E-state index contributed by atoms with van der Waals surface area (Å²) < 4.78 is 32.5. The van der Waals surface area contributed by atoms with Crippen LogP contribution in [-0.4, -0.2) is 38.3 Å². The van der Waals surface area contributed by atoms with Gasteiger partial charge in [-0.05, 0) is 59.8 Å².